The molecule has 0 bridgehead atoms. The van der Waals surface area contributed by atoms with Crippen LogP contribution in [0.25, 0.3) is 5.52 Å². The molecule has 2 aliphatic heterocycles. The number of anilines is 3. The molecule has 2 amide bonds. The molecule has 204 valence electrons. The second-order valence-electron chi connectivity index (χ2n) is 8.64. The van der Waals surface area contributed by atoms with Gasteiger partial charge in [-0.2, -0.15) is 18.3 Å². The van der Waals surface area contributed by atoms with Gasteiger partial charge in [-0.25, -0.2) is 19.1 Å². The lowest BCUT2D eigenvalue weighted by atomic mass is 10.1. The number of hydrogen-bond donors (Lipinski definition) is 3. The van der Waals surface area contributed by atoms with Crippen molar-refractivity contribution in [2.45, 2.75) is 26.4 Å². The number of pyridine rings is 2. The van der Waals surface area contributed by atoms with Gasteiger partial charge in [0.25, 0.3) is 0 Å². The van der Waals surface area contributed by atoms with Gasteiger partial charge in [-0.3, -0.25) is 4.90 Å². The van der Waals surface area contributed by atoms with Crippen molar-refractivity contribution < 1.29 is 32.6 Å². The number of carboxylic acid groups (broad SMARTS) is 1. The first kappa shape index (κ1) is 27.0. The average Bonchev–Trinajstić information content (AvgIpc) is 3.47. The van der Waals surface area contributed by atoms with E-state index in [0.717, 1.165) is 55.2 Å². The highest BCUT2D eigenvalue weighted by Crippen LogP contribution is 2.35. The summed E-state index contributed by atoms with van der Waals surface area (Å²) in [6.07, 6.45) is -0.677. The molecule has 1 fully saturated rings. The van der Waals surface area contributed by atoms with Crippen LogP contribution in [0.1, 0.15) is 18.2 Å². The lowest BCUT2D eigenvalue weighted by Gasteiger charge is -2.31. The molecule has 3 aromatic rings. The molecule has 0 unspecified atom stereocenters. The zero-order valence-corrected chi connectivity index (χ0v) is 20.9. The molecule has 0 aromatic carbocycles. The Labute approximate surface area is 216 Å². The number of urea groups is 1. The highest BCUT2D eigenvalue weighted by Gasteiger charge is 2.38. The van der Waals surface area contributed by atoms with Gasteiger partial charge in [-0.15, -0.1) is 0 Å². The number of rotatable bonds is 4. The number of aromatic nitrogens is 3. The van der Waals surface area contributed by atoms with E-state index in [9.17, 15) is 18.0 Å². The monoisotopic (exact) mass is 535 g/mol. The summed E-state index contributed by atoms with van der Waals surface area (Å²) in [7, 11) is 0. The molecule has 14 heteroatoms. The van der Waals surface area contributed by atoms with Gasteiger partial charge in [0.05, 0.1) is 29.7 Å². The number of carbonyl (C=O) groups excluding carboxylic acids is 1. The van der Waals surface area contributed by atoms with Gasteiger partial charge in [0.2, 0.25) is 0 Å². The highest BCUT2D eigenvalue weighted by molar-refractivity contribution is 6.04. The number of nitrogens with one attached hydrogen (secondary N) is 2. The molecule has 5 heterocycles. The molecule has 0 aliphatic carbocycles. The van der Waals surface area contributed by atoms with Gasteiger partial charge in [-0.05, 0) is 38.5 Å². The molecule has 0 radical (unpaired) electrons. The quantitative estimate of drug-likeness (QED) is 0.466. The minimum Gasteiger partial charge on any atom is -0.490 e. The fourth-order valence-corrected chi connectivity index (χ4v) is 4.37. The Morgan fingerprint density at radius 2 is 1.92 bits per heavy atom. The van der Waals surface area contributed by atoms with Crippen LogP contribution in [0.3, 0.4) is 0 Å². The number of carbonyl (C=O) groups is 2. The van der Waals surface area contributed by atoms with Gasteiger partial charge >= 0.3 is 18.2 Å². The van der Waals surface area contributed by atoms with Crippen LogP contribution in [0.2, 0.25) is 0 Å². The lowest BCUT2D eigenvalue weighted by Crippen LogP contribution is -2.43. The summed E-state index contributed by atoms with van der Waals surface area (Å²) in [5, 5.41) is 18.0. The summed E-state index contributed by atoms with van der Waals surface area (Å²) in [6.45, 7) is 8.83. The van der Waals surface area contributed by atoms with Gasteiger partial charge in [0.15, 0.2) is 5.75 Å². The first-order chi connectivity index (χ1) is 18.1. The maximum atomic E-state index is 13.2. The van der Waals surface area contributed by atoms with E-state index < -0.39 is 12.1 Å². The van der Waals surface area contributed by atoms with E-state index in [4.69, 9.17) is 14.6 Å². The number of aryl methyl sites for hydroxylation is 1. The van der Waals surface area contributed by atoms with Crippen molar-refractivity contribution in [2.24, 2.45) is 0 Å². The predicted octanol–water partition coefficient (Wildman–Crippen LogP) is 3.07. The SMILES string of the molecule is CCOc1cn2nc(C)cc2cc1NC(=O)N1CCc2c(N3CCNCC3)ccnc21.O=C(O)C(F)(F)F. The molecule has 11 nitrogen and oxygen atoms in total. The maximum absolute atomic E-state index is 13.2. The van der Waals surface area contributed by atoms with E-state index in [1.165, 1.54) is 5.69 Å². The molecule has 3 aromatic heterocycles. The molecule has 1 saturated heterocycles. The lowest BCUT2D eigenvalue weighted by molar-refractivity contribution is -0.192. The van der Waals surface area contributed by atoms with E-state index >= 15 is 0 Å². The Hall–Kier alpha value is -4.07. The zero-order chi connectivity index (χ0) is 27.4. The predicted molar refractivity (Wildman–Crippen MR) is 134 cm³/mol. The van der Waals surface area contributed by atoms with Gasteiger partial charge in [0.1, 0.15) is 5.82 Å². The Bertz CT molecular complexity index is 1320. The minimum absolute atomic E-state index is 0.203. The Balaban J connectivity index is 0.000000426. The van der Waals surface area contributed by atoms with Crippen LogP contribution >= 0.6 is 0 Å². The number of alkyl halides is 3. The third-order valence-electron chi connectivity index (χ3n) is 6.02. The molecular weight excluding hydrogens is 507 g/mol. The molecule has 2 aliphatic rings. The Kier molecular flexibility index (Phi) is 7.90. The molecule has 0 atom stereocenters. The van der Waals surface area contributed by atoms with Crippen molar-refractivity contribution in [1.29, 1.82) is 0 Å². The van der Waals surface area contributed by atoms with Crippen molar-refractivity contribution in [1.82, 2.24) is 19.9 Å². The first-order valence-electron chi connectivity index (χ1n) is 12.0. The zero-order valence-electron chi connectivity index (χ0n) is 20.9. The van der Waals surface area contributed by atoms with Crippen molar-refractivity contribution in [3.63, 3.8) is 0 Å². The number of carboxylic acids is 1. The van der Waals surface area contributed by atoms with E-state index in [-0.39, 0.29) is 6.03 Å². The van der Waals surface area contributed by atoms with E-state index in [2.05, 4.69) is 31.7 Å². The topological polar surface area (TPSA) is 124 Å². The molecular formula is C24H28F3N7O4. The number of piperazine rings is 1. The third kappa shape index (κ3) is 5.90. The number of halogens is 3. The second-order valence-corrected chi connectivity index (χ2v) is 8.64. The largest absolute Gasteiger partial charge is 0.490 e. The molecule has 0 spiro atoms. The highest BCUT2D eigenvalue weighted by atomic mass is 19.4. The summed E-state index contributed by atoms with van der Waals surface area (Å²) < 4.78 is 39.3. The second kappa shape index (κ2) is 11.1. The number of hydrogen-bond acceptors (Lipinski definition) is 7. The van der Waals surface area contributed by atoms with Crippen LogP contribution in [0, 0.1) is 6.92 Å². The minimum atomic E-state index is -5.08. The maximum Gasteiger partial charge on any atom is 0.490 e. The number of ether oxygens (including phenoxy) is 1. The average molecular weight is 536 g/mol. The summed E-state index contributed by atoms with van der Waals surface area (Å²) >= 11 is 0. The summed E-state index contributed by atoms with van der Waals surface area (Å²) in [5.74, 6) is -1.42. The van der Waals surface area contributed by atoms with Crippen LogP contribution in [-0.2, 0) is 11.2 Å². The van der Waals surface area contributed by atoms with Gasteiger partial charge in [0, 0.05) is 50.2 Å². The molecule has 3 N–H and O–H groups in total. The van der Waals surface area contributed by atoms with Crippen molar-refractivity contribution in [3.8, 4) is 5.75 Å². The van der Waals surface area contributed by atoms with Crippen LogP contribution in [0.5, 0.6) is 5.75 Å². The van der Waals surface area contributed by atoms with E-state index in [1.54, 1.807) is 21.8 Å². The molecule has 0 saturated carbocycles. The van der Waals surface area contributed by atoms with E-state index in [1.807, 2.05) is 26.0 Å². The van der Waals surface area contributed by atoms with Crippen LogP contribution < -0.4 is 25.2 Å². The van der Waals surface area contributed by atoms with Crippen LogP contribution in [0.4, 0.5) is 35.2 Å². The summed E-state index contributed by atoms with van der Waals surface area (Å²) in [6, 6.07) is 5.72. The van der Waals surface area contributed by atoms with Crippen molar-refractivity contribution in [3.05, 3.63) is 41.9 Å². The molecule has 5 rings (SSSR count). The summed E-state index contributed by atoms with van der Waals surface area (Å²) in [4.78, 5) is 30.8. The number of fused-ring (bicyclic) bond motifs is 2. The number of nitrogens with zero attached hydrogens (tertiary/aromatic N) is 5. The fraction of sp³-hybridized carbons (Fsp3) is 0.417. The van der Waals surface area contributed by atoms with Crippen LogP contribution in [0.15, 0.2) is 30.6 Å². The number of amides is 2. The number of aliphatic carboxylic acids is 1. The van der Waals surface area contributed by atoms with Crippen molar-refractivity contribution >= 4 is 34.7 Å². The normalized spacial score (nSPS) is 15.1. The third-order valence-corrected chi connectivity index (χ3v) is 6.02. The van der Waals surface area contributed by atoms with Gasteiger partial charge in [-0.1, -0.05) is 0 Å². The fourth-order valence-electron chi connectivity index (χ4n) is 4.37. The van der Waals surface area contributed by atoms with Crippen LogP contribution in [-0.4, -0.2) is 77.2 Å². The van der Waals surface area contributed by atoms with Crippen molar-refractivity contribution in [2.75, 3.05) is 54.4 Å². The Morgan fingerprint density at radius 3 is 2.58 bits per heavy atom. The smallest absolute Gasteiger partial charge is 0.490 e. The standard InChI is InChI=1S/C22H27N7O2.C2HF3O2/c1-3-31-20-14-29-16(12-15(2)26-29)13-18(20)25-22(30)28-9-5-17-19(4-6-24-21(17)28)27-10-7-23-8-11-27;3-2(4,5)1(6)7/h4,6,12-14,23H,3,5,7-11H2,1-2H3,(H,25,30);(H,6,7). The summed E-state index contributed by atoms with van der Waals surface area (Å²) in [5.41, 5.74) is 4.77. The molecule has 38 heavy (non-hydrogen) atoms. The van der Waals surface area contributed by atoms with Gasteiger partial charge < -0.3 is 25.4 Å². The first-order valence-corrected chi connectivity index (χ1v) is 12.0. The van der Waals surface area contributed by atoms with E-state index in [0.29, 0.717) is 24.6 Å². The Morgan fingerprint density at radius 1 is 1.21 bits per heavy atom.